The summed E-state index contributed by atoms with van der Waals surface area (Å²) in [5.41, 5.74) is -0.0121. The third-order valence-corrected chi connectivity index (χ3v) is 18.7. The summed E-state index contributed by atoms with van der Waals surface area (Å²) in [7, 11) is 0. The molecule has 0 atom stereocenters. The summed E-state index contributed by atoms with van der Waals surface area (Å²) in [5.74, 6) is 6.14. The Hall–Kier alpha value is -1.97. The first-order valence-corrected chi connectivity index (χ1v) is 23.8. The van der Waals surface area contributed by atoms with Gasteiger partial charge in [0, 0.05) is 0 Å². The lowest BCUT2D eigenvalue weighted by Gasteiger charge is -2.62. The van der Waals surface area contributed by atoms with E-state index in [0.717, 1.165) is 34.8 Å². The molecule has 55 heavy (non-hydrogen) atoms. The highest BCUT2D eigenvalue weighted by molar-refractivity contribution is 5.82. The lowest BCUT2D eigenvalue weighted by atomic mass is 9.47. The highest BCUT2D eigenvalue weighted by Crippen LogP contribution is 2.63. The number of hydrogen-bond acceptors (Lipinski definition) is 6. The van der Waals surface area contributed by atoms with E-state index in [1.807, 2.05) is 27.7 Å². The molecule has 2 aromatic rings. The molecule has 8 bridgehead atoms. The third-order valence-electron chi connectivity index (χ3n) is 16.0. The van der Waals surface area contributed by atoms with E-state index in [4.69, 9.17) is 18.9 Å². The molecule has 0 aromatic heterocycles. The van der Waals surface area contributed by atoms with Crippen molar-refractivity contribution in [2.75, 3.05) is 13.6 Å². The van der Waals surface area contributed by atoms with Gasteiger partial charge in [-0.05, 0) is 186 Å². The van der Waals surface area contributed by atoms with Gasteiger partial charge in [0.15, 0.2) is 20.7 Å². The van der Waals surface area contributed by atoms with Gasteiger partial charge in [0.2, 0.25) is 0 Å². The fourth-order valence-corrected chi connectivity index (χ4v) is 15.6. The molecule has 7 heteroatoms. The van der Waals surface area contributed by atoms with Crippen molar-refractivity contribution in [1.29, 1.82) is 0 Å². The minimum Gasteiger partial charge on any atom is -0.438 e. The maximum atomic E-state index is 13.5. The molecule has 0 unspecified atom stereocenters. The van der Waals surface area contributed by atoms with Gasteiger partial charge in [0.25, 0.3) is 0 Å². The monoisotopic (exact) mass is 865 g/mol. The standard InChI is InChI=1S/C48H66IO6/c1-29(2)47(37-19-31-17-32(21-37)22-38(47)20-31)54-27-52-43(50)45(5,6)35-9-13-41(14-10-35)49-42-15-11-36(12-16-42)46(7,8)44(51)53-28-55-48(30(3)4)39-23-33-18-34(25-39)26-40(48)24-33/h9-16,29-34,37-40H,17-28H2,1-8H3/q+1. The molecule has 0 N–H and O–H groups in total. The van der Waals surface area contributed by atoms with Crippen LogP contribution >= 0.6 is 0 Å². The maximum absolute atomic E-state index is 13.5. The number of benzene rings is 2. The molecule has 0 heterocycles. The second-order valence-electron chi connectivity index (χ2n) is 20.4. The Bertz CT molecular complexity index is 1520. The maximum Gasteiger partial charge on any atom is 0.357 e. The van der Waals surface area contributed by atoms with Gasteiger partial charge in [-0.2, -0.15) is 0 Å². The van der Waals surface area contributed by atoms with Crippen LogP contribution in [0.1, 0.15) is 131 Å². The minimum atomic E-state index is -0.785. The van der Waals surface area contributed by atoms with E-state index >= 15 is 0 Å². The molecule has 2 aromatic carbocycles. The van der Waals surface area contributed by atoms with Crippen LogP contribution in [-0.4, -0.2) is 36.7 Å². The molecule has 8 fully saturated rings. The normalized spacial score (nSPS) is 34.8. The summed E-state index contributed by atoms with van der Waals surface area (Å²) < 4.78 is 27.8. The fourth-order valence-electron chi connectivity index (χ4n) is 13.5. The predicted octanol–water partition coefficient (Wildman–Crippen LogP) is 7.11. The number of hydrogen-bond donors (Lipinski definition) is 0. The topological polar surface area (TPSA) is 71.1 Å². The van der Waals surface area contributed by atoms with Crippen LogP contribution in [-0.2, 0) is 39.4 Å². The number of rotatable bonds is 14. The zero-order chi connectivity index (χ0) is 38.9. The van der Waals surface area contributed by atoms with Crippen molar-refractivity contribution in [2.45, 2.75) is 142 Å². The summed E-state index contributed by atoms with van der Waals surface area (Å²) >= 11 is -0.445. The van der Waals surface area contributed by atoms with Gasteiger partial charge in [-0.25, -0.2) is 0 Å². The molecule has 0 radical (unpaired) electrons. The Morgan fingerprint density at radius 1 is 0.545 bits per heavy atom. The van der Waals surface area contributed by atoms with Gasteiger partial charge in [-0.1, -0.05) is 52.0 Å². The number of carbonyl (C=O) groups is 2. The number of esters is 2. The van der Waals surface area contributed by atoms with Crippen molar-refractivity contribution < 1.29 is 49.7 Å². The Kier molecular flexibility index (Phi) is 10.9. The van der Waals surface area contributed by atoms with Crippen molar-refractivity contribution in [1.82, 2.24) is 0 Å². The lowest BCUT2D eigenvalue weighted by Crippen LogP contribution is -3.61. The van der Waals surface area contributed by atoms with Crippen LogP contribution in [0.25, 0.3) is 0 Å². The predicted molar refractivity (Wildman–Crippen MR) is 210 cm³/mol. The Morgan fingerprint density at radius 3 is 1.11 bits per heavy atom. The Morgan fingerprint density at radius 2 is 0.836 bits per heavy atom. The summed E-state index contributed by atoms with van der Waals surface area (Å²) in [4.78, 5) is 27.0. The average molecular weight is 866 g/mol. The zero-order valence-electron chi connectivity index (χ0n) is 34.7. The molecule has 0 aliphatic heterocycles. The van der Waals surface area contributed by atoms with Crippen molar-refractivity contribution in [3.05, 3.63) is 66.8 Å². The molecular weight excluding hydrogens is 799 g/mol. The van der Waals surface area contributed by atoms with E-state index in [2.05, 4.69) is 76.2 Å². The summed E-state index contributed by atoms with van der Waals surface area (Å²) in [6, 6.07) is 16.9. The van der Waals surface area contributed by atoms with Crippen LogP contribution in [0.3, 0.4) is 0 Å². The van der Waals surface area contributed by atoms with Gasteiger partial charge < -0.3 is 18.9 Å². The second-order valence-corrected chi connectivity index (χ2v) is 23.4. The molecule has 0 amide bonds. The van der Waals surface area contributed by atoms with Gasteiger partial charge in [-0.3, -0.25) is 9.59 Å². The van der Waals surface area contributed by atoms with Crippen LogP contribution in [0.2, 0.25) is 0 Å². The van der Waals surface area contributed by atoms with Crippen molar-refractivity contribution in [3.8, 4) is 0 Å². The Balaban J connectivity index is 0.833. The molecule has 0 spiro atoms. The highest BCUT2D eigenvalue weighted by Gasteiger charge is 2.61. The molecule has 6 nitrogen and oxygen atoms in total. The lowest BCUT2D eigenvalue weighted by molar-refractivity contribution is -0.597. The van der Waals surface area contributed by atoms with Crippen LogP contribution in [0, 0.1) is 66.3 Å². The molecule has 8 aliphatic rings. The highest BCUT2D eigenvalue weighted by atomic mass is 127. The molecule has 10 rings (SSSR count). The molecule has 8 aliphatic carbocycles. The first kappa shape index (κ1) is 39.8. The van der Waals surface area contributed by atoms with Gasteiger partial charge in [0.05, 0.1) is 22.0 Å². The average Bonchev–Trinajstić information content (AvgIpc) is 3.13. The Labute approximate surface area is 341 Å². The summed E-state index contributed by atoms with van der Waals surface area (Å²) in [6.45, 7) is 17.0. The van der Waals surface area contributed by atoms with Crippen molar-refractivity contribution in [3.63, 3.8) is 0 Å². The van der Waals surface area contributed by atoms with Gasteiger partial charge in [-0.15, -0.1) is 0 Å². The molecule has 8 saturated carbocycles. The first-order chi connectivity index (χ1) is 26.1. The SMILES string of the molecule is CC(C)C1(OCOC(=O)C(C)(C)c2ccc([I+]c3ccc(C(C)(C)C(=O)OCOC4(C(C)C)C5CC6CC(C5)CC4C6)cc3)cc2)C2CC3CC(C2)CC1C3. The third kappa shape index (κ3) is 7.04. The molecule has 0 saturated heterocycles. The van der Waals surface area contributed by atoms with E-state index in [9.17, 15) is 9.59 Å². The van der Waals surface area contributed by atoms with E-state index < -0.39 is 32.0 Å². The minimum absolute atomic E-state index is 0.0327. The van der Waals surface area contributed by atoms with E-state index in [1.165, 1.54) is 71.3 Å². The zero-order valence-corrected chi connectivity index (χ0v) is 36.9. The van der Waals surface area contributed by atoms with Gasteiger partial charge >= 0.3 is 33.1 Å². The van der Waals surface area contributed by atoms with E-state index in [-0.39, 0.29) is 36.7 Å². The van der Waals surface area contributed by atoms with Gasteiger partial charge in [0.1, 0.15) is 0 Å². The largest absolute Gasteiger partial charge is 0.438 e. The van der Waals surface area contributed by atoms with Crippen molar-refractivity contribution >= 4 is 11.9 Å². The van der Waals surface area contributed by atoms with E-state index in [1.54, 1.807) is 0 Å². The molecule has 300 valence electrons. The first-order valence-electron chi connectivity index (χ1n) is 21.6. The van der Waals surface area contributed by atoms with Crippen LogP contribution in [0.4, 0.5) is 0 Å². The van der Waals surface area contributed by atoms with Crippen LogP contribution < -0.4 is 21.2 Å². The smallest absolute Gasteiger partial charge is 0.357 e. The van der Waals surface area contributed by atoms with Crippen molar-refractivity contribution in [2.24, 2.45) is 59.2 Å². The number of ether oxygens (including phenoxy) is 4. The second kappa shape index (κ2) is 15.0. The number of carbonyl (C=O) groups excluding carboxylic acids is 2. The van der Waals surface area contributed by atoms with E-state index in [0.29, 0.717) is 35.5 Å². The number of halogens is 1. The quantitative estimate of drug-likeness (QED) is 0.115. The fraction of sp³-hybridized carbons (Fsp3) is 0.708. The molecular formula is C48H66IO6+. The van der Waals surface area contributed by atoms with Crippen LogP contribution in [0.15, 0.2) is 48.5 Å². The summed E-state index contributed by atoms with van der Waals surface area (Å²) in [6.07, 6.45) is 13.0. The van der Waals surface area contributed by atoms with Crippen LogP contribution in [0.5, 0.6) is 0 Å². The summed E-state index contributed by atoms with van der Waals surface area (Å²) in [5, 5.41) is 0.